The first-order chi connectivity index (χ1) is 13.0. The number of nitrogens with zero attached hydrogens (tertiary/aromatic N) is 4. The third-order valence-electron chi connectivity index (χ3n) is 3.61. The molecule has 140 valence electrons. The highest BCUT2D eigenvalue weighted by Gasteiger charge is 2.18. The van der Waals surface area contributed by atoms with Gasteiger partial charge in [-0.25, -0.2) is 32.6 Å². The number of sulfonamides is 1. The van der Waals surface area contributed by atoms with Crippen LogP contribution in [-0.4, -0.2) is 40.7 Å². The minimum atomic E-state index is -3.85. The number of hydrogen-bond donors (Lipinski definition) is 1. The molecule has 0 aliphatic rings. The summed E-state index contributed by atoms with van der Waals surface area (Å²) in [6.07, 6.45) is 4.42. The van der Waals surface area contributed by atoms with Gasteiger partial charge in [0.2, 0.25) is 10.0 Å². The van der Waals surface area contributed by atoms with E-state index in [9.17, 15) is 13.2 Å². The van der Waals surface area contributed by atoms with E-state index in [1.807, 2.05) is 0 Å². The maximum absolute atomic E-state index is 12.6. The molecule has 0 amide bonds. The normalized spacial score (nSPS) is 11.3. The molecule has 9 nitrogen and oxygen atoms in total. The van der Waals surface area contributed by atoms with Gasteiger partial charge >= 0.3 is 5.97 Å². The summed E-state index contributed by atoms with van der Waals surface area (Å²) < 4.78 is 34.1. The van der Waals surface area contributed by atoms with E-state index in [0.29, 0.717) is 11.4 Å². The van der Waals surface area contributed by atoms with Crippen molar-refractivity contribution in [1.82, 2.24) is 24.5 Å². The van der Waals surface area contributed by atoms with E-state index < -0.39 is 16.0 Å². The molecule has 0 radical (unpaired) electrons. The molecule has 3 aromatic rings. The van der Waals surface area contributed by atoms with Gasteiger partial charge < -0.3 is 4.74 Å². The number of carbonyl (C=O) groups excluding carboxylic acids is 1. The fraction of sp³-hybridized carbons (Fsp3) is 0.176. The molecule has 0 fully saturated rings. The van der Waals surface area contributed by atoms with Gasteiger partial charge in [0.25, 0.3) is 0 Å². The Labute approximate surface area is 156 Å². The van der Waals surface area contributed by atoms with Crippen molar-refractivity contribution >= 4 is 16.0 Å². The van der Waals surface area contributed by atoms with Gasteiger partial charge in [0.05, 0.1) is 17.1 Å². The van der Waals surface area contributed by atoms with Crippen LogP contribution in [0.5, 0.6) is 0 Å². The number of ether oxygens (including phenoxy) is 1. The molecule has 0 aliphatic carbocycles. The maximum Gasteiger partial charge on any atom is 0.338 e. The molecule has 1 N–H and O–H groups in total. The Morgan fingerprint density at radius 3 is 2.85 bits per heavy atom. The molecule has 0 atom stereocenters. The molecule has 0 bridgehead atoms. The zero-order valence-electron chi connectivity index (χ0n) is 14.4. The van der Waals surface area contributed by atoms with Crippen LogP contribution in [0.4, 0.5) is 0 Å². The Morgan fingerprint density at radius 1 is 1.26 bits per heavy atom. The fourth-order valence-electron chi connectivity index (χ4n) is 2.35. The lowest BCUT2D eigenvalue weighted by Crippen LogP contribution is -2.24. The van der Waals surface area contributed by atoms with Gasteiger partial charge in [-0.2, -0.15) is 5.10 Å². The average molecular weight is 387 g/mol. The number of aromatic nitrogens is 4. The molecule has 0 saturated carbocycles. The van der Waals surface area contributed by atoms with Gasteiger partial charge in [0, 0.05) is 18.3 Å². The molecular formula is C17H17N5O4S. The Kier molecular flexibility index (Phi) is 5.57. The summed E-state index contributed by atoms with van der Waals surface area (Å²) in [6, 6.07) is 9.12. The maximum atomic E-state index is 12.6. The van der Waals surface area contributed by atoms with Gasteiger partial charge in [-0.15, -0.1) is 0 Å². The summed E-state index contributed by atoms with van der Waals surface area (Å²) in [5.41, 5.74) is 0.789. The van der Waals surface area contributed by atoms with Crippen LogP contribution in [0.3, 0.4) is 0 Å². The summed E-state index contributed by atoms with van der Waals surface area (Å²) in [5.74, 6) is -0.103. The van der Waals surface area contributed by atoms with Gasteiger partial charge in [-0.05, 0) is 31.2 Å². The third-order valence-corrected chi connectivity index (χ3v) is 5.01. The molecule has 0 saturated heterocycles. The smallest absolute Gasteiger partial charge is 0.338 e. The van der Waals surface area contributed by atoms with Crippen molar-refractivity contribution in [2.24, 2.45) is 0 Å². The molecule has 2 heterocycles. The number of nitrogens with one attached hydrogen (secondary N) is 1. The van der Waals surface area contributed by atoms with Crippen LogP contribution in [0.2, 0.25) is 0 Å². The predicted molar refractivity (Wildman–Crippen MR) is 95.6 cm³/mol. The van der Waals surface area contributed by atoms with Crippen molar-refractivity contribution in [1.29, 1.82) is 0 Å². The SMILES string of the molecule is CCOC(=O)c1cccc(S(=O)(=O)NCc2cccnc2-n2cncn2)c1. The first-order valence-electron chi connectivity index (χ1n) is 8.07. The molecule has 27 heavy (non-hydrogen) atoms. The molecule has 3 rings (SSSR count). The van der Waals surface area contributed by atoms with Gasteiger partial charge in [0.1, 0.15) is 12.7 Å². The quantitative estimate of drug-likeness (QED) is 0.608. The van der Waals surface area contributed by atoms with Crippen LogP contribution in [0.25, 0.3) is 5.82 Å². The minimum Gasteiger partial charge on any atom is -0.462 e. The Balaban J connectivity index is 1.81. The van der Waals surface area contributed by atoms with E-state index in [1.165, 1.54) is 41.6 Å². The van der Waals surface area contributed by atoms with Crippen LogP contribution in [0.15, 0.2) is 60.1 Å². The first-order valence-corrected chi connectivity index (χ1v) is 9.55. The molecule has 0 unspecified atom stereocenters. The zero-order valence-corrected chi connectivity index (χ0v) is 15.3. The van der Waals surface area contributed by atoms with Crippen molar-refractivity contribution in [2.45, 2.75) is 18.4 Å². The highest BCUT2D eigenvalue weighted by atomic mass is 32.2. The molecular weight excluding hydrogens is 370 g/mol. The number of benzene rings is 1. The summed E-state index contributed by atoms with van der Waals surface area (Å²) in [6.45, 7) is 1.88. The van der Waals surface area contributed by atoms with Crippen LogP contribution in [0.1, 0.15) is 22.8 Å². The average Bonchev–Trinajstić information content (AvgIpc) is 3.22. The predicted octanol–water partition coefficient (Wildman–Crippen LogP) is 1.32. The second-order valence-electron chi connectivity index (χ2n) is 5.40. The first kappa shape index (κ1) is 18.7. The fourth-order valence-corrected chi connectivity index (χ4v) is 3.40. The Hall–Kier alpha value is -3.11. The van der Waals surface area contributed by atoms with E-state index in [0.717, 1.165) is 0 Å². The van der Waals surface area contributed by atoms with Crippen molar-refractivity contribution in [2.75, 3.05) is 6.61 Å². The topological polar surface area (TPSA) is 116 Å². The summed E-state index contributed by atoms with van der Waals surface area (Å²) in [7, 11) is -3.85. The summed E-state index contributed by atoms with van der Waals surface area (Å²) in [4.78, 5) is 19.9. The standard InChI is InChI=1S/C17H17N5O4S/c1-2-26-17(23)13-5-3-7-15(9-13)27(24,25)21-10-14-6-4-8-19-16(14)22-12-18-11-20-22/h3-9,11-12,21H,2,10H2,1H3. The number of pyridine rings is 1. The van der Waals surface area contributed by atoms with E-state index in [4.69, 9.17) is 4.74 Å². The Morgan fingerprint density at radius 2 is 2.11 bits per heavy atom. The van der Waals surface area contributed by atoms with Crippen LogP contribution in [-0.2, 0) is 21.3 Å². The van der Waals surface area contributed by atoms with Crippen LogP contribution in [0, 0.1) is 0 Å². The van der Waals surface area contributed by atoms with E-state index in [-0.39, 0.29) is 23.6 Å². The lowest BCUT2D eigenvalue weighted by Gasteiger charge is -2.10. The molecule has 0 aliphatic heterocycles. The number of hydrogen-bond acceptors (Lipinski definition) is 7. The van der Waals surface area contributed by atoms with Crippen molar-refractivity contribution in [3.05, 3.63) is 66.4 Å². The second kappa shape index (κ2) is 8.06. The molecule has 10 heteroatoms. The van der Waals surface area contributed by atoms with Gasteiger partial charge in [-0.1, -0.05) is 12.1 Å². The van der Waals surface area contributed by atoms with Gasteiger partial charge in [0.15, 0.2) is 5.82 Å². The number of esters is 1. The van der Waals surface area contributed by atoms with Crippen LogP contribution >= 0.6 is 0 Å². The largest absolute Gasteiger partial charge is 0.462 e. The van der Waals surface area contributed by atoms with E-state index >= 15 is 0 Å². The van der Waals surface area contributed by atoms with Crippen molar-refractivity contribution in [3.63, 3.8) is 0 Å². The zero-order chi connectivity index (χ0) is 19.3. The van der Waals surface area contributed by atoms with Crippen molar-refractivity contribution < 1.29 is 17.9 Å². The lowest BCUT2D eigenvalue weighted by atomic mass is 10.2. The second-order valence-corrected chi connectivity index (χ2v) is 7.17. The van der Waals surface area contributed by atoms with E-state index in [1.54, 1.807) is 25.3 Å². The third kappa shape index (κ3) is 4.36. The number of rotatable bonds is 7. The molecule has 0 spiro atoms. The van der Waals surface area contributed by atoms with Gasteiger partial charge in [-0.3, -0.25) is 0 Å². The monoisotopic (exact) mass is 387 g/mol. The lowest BCUT2D eigenvalue weighted by molar-refractivity contribution is 0.0526. The highest BCUT2D eigenvalue weighted by Crippen LogP contribution is 2.15. The molecule has 2 aromatic heterocycles. The summed E-state index contributed by atoms with van der Waals surface area (Å²) >= 11 is 0. The highest BCUT2D eigenvalue weighted by molar-refractivity contribution is 7.89. The number of carbonyl (C=O) groups is 1. The summed E-state index contributed by atoms with van der Waals surface area (Å²) in [5, 5.41) is 4.01. The molecule has 1 aromatic carbocycles. The van der Waals surface area contributed by atoms with E-state index in [2.05, 4.69) is 19.8 Å². The van der Waals surface area contributed by atoms with Crippen molar-refractivity contribution in [3.8, 4) is 5.82 Å². The minimum absolute atomic E-state index is 0.00496. The Bertz CT molecular complexity index is 1030. The van der Waals surface area contributed by atoms with Crippen LogP contribution < -0.4 is 4.72 Å².